The number of ether oxygens (including phenoxy) is 1. The van der Waals surface area contributed by atoms with E-state index >= 15 is 0 Å². The molecule has 0 aromatic carbocycles. The van der Waals surface area contributed by atoms with Gasteiger partial charge in [0.05, 0.1) is 7.11 Å². The first-order chi connectivity index (χ1) is 6.37. The van der Waals surface area contributed by atoms with Crippen molar-refractivity contribution in [1.29, 1.82) is 0 Å². The predicted octanol–water partition coefficient (Wildman–Crippen LogP) is 1.79. The molecule has 0 saturated carbocycles. The van der Waals surface area contributed by atoms with Crippen LogP contribution in [0.1, 0.15) is 27.2 Å². The Morgan fingerprint density at radius 1 is 1.50 bits per heavy atom. The maximum absolute atomic E-state index is 10.9. The molecule has 0 aromatic heterocycles. The SMILES string of the molecule is COC(=O)C(Cl)CNCCC(C)(C)C. The summed E-state index contributed by atoms with van der Waals surface area (Å²) in [5.41, 5.74) is 0.306. The zero-order valence-electron chi connectivity index (χ0n) is 9.39. The van der Waals surface area contributed by atoms with Crippen molar-refractivity contribution < 1.29 is 9.53 Å². The minimum atomic E-state index is -0.583. The normalized spacial score (nSPS) is 13.8. The monoisotopic (exact) mass is 221 g/mol. The average Bonchev–Trinajstić information content (AvgIpc) is 2.09. The van der Waals surface area contributed by atoms with Crippen LogP contribution in [0, 0.1) is 5.41 Å². The van der Waals surface area contributed by atoms with Gasteiger partial charge in [-0.25, -0.2) is 0 Å². The summed E-state index contributed by atoms with van der Waals surface area (Å²) in [6, 6.07) is 0. The van der Waals surface area contributed by atoms with Crippen molar-refractivity contribution in [3.63, 3.8) is 0 Å². The second-order valence-corrected chi connectivity index (χ2v) is 5.03. The van der Waals surface area contributed by atoms with E-state index in [4.69, 9.17) is 11.6 Å². The van der Waals surface area contributed by atoms with Gasteiger partial charge in [-0.3, -0.25) is 4.79 Å². The maximum atomic E-state index is 10.9. The Hall–Kier alpha value is -0.280. The molecule has 3 nitrogen and oxygen atoms in total. The number of rotatable bonds is 5. The van der Waals surface area contributed by atoms with E-state index in [1.807, 2.05) is 0 Å². The number of esters is 1. The Labute approximate surface area is 91.2 Å². The highest BCUT2D eigenvalue weighted by molar-refractivity contribution is 6.30. The maximum Gasteiger partial charge on any atom is 0.325 e. The summed E-state index contributed by atoms with van der Waals surface area (Å²) in [6.07, 6.45) is 1.05. The molecule has 4 heteroatoms. The standard InChI is InChI=1S/C10H20ClNO2/c1-10(2,3)5-6-12-7-8(11)9(13)14-4/h8,12H,5-7H2,1-4H3. The van der Waals surface area contributed by atoms with E-state index in [-0.39, 0.29) is 5.97 Å². The van der Waals surface area contributed by atoms with E-state index in [2.05, 4.69) is 30.8 Å². The minimum absolute atomic E-state index is 0.306. The van der Waals surface area contributed by atoms with Gasteiger partial charge in [-0.2, -0.15) is 0 Å². The lowest BCUT2D eigenvalue weighted by Crippen LogP contribution is -2.31. The molecule has 0 rings (SSSR count). The third-order valence-electron chi connectivity index (χ3n) is 1.83. The van der Waals surface area contributed by atoms with Gasteiger partial charge in [0.2, 0.25) is 0 Å². The summed E-state index contributed by atoms with van der Waals surface area (Å²) in [5, 5.41) is 2.54. The summed E-state index contributed by atoms with van der Waals surface area (Å²) >= 11 is 5.74. The van der Waals surface area contributed by atoms with E-state index in [1.165, 1.54) is 7.11 Å². The Kier molecular flexibility index (Phi) is 6.12. The van der Waals surface area contributed by atoms with Crippen molar-refractivity contribution in [2.24, 2.45) is 5.41 Å². The molecule has 0 aromatic rings. The topological polar surface area (TPSA) is 38.3 Å². The highest BCUT2D eigenvalue weighted by atomic mass is 35.5. The molecule has 0 bridgehead atoms. The van der Waals surface area contributed by atoms with Crippen molar-refractivity contribution in [3.8, 4) is 0 Å². The number of carbonyl (C=O) groups is 1. The molecule has 0 saturated heterocycles. The fourth-order valence-electron chi connectivity index (χ4n) is 0.903. The molecule has 84 valence electrons. The summed E-state index contributed by atoms with van der Waals surface area (Å²) in [7, 11) is 1.34. The van der Waals surface area contributed by atoms with Crippen molar-refractivity contribution in [2.45, 2.75) is 32.6 Å². The van der Waals surface area contributed by atoms with Gasteiger partial charge in [-0.1, -0.05) is 20.8 Å². The molecule has 0 spiro atoms. The van der Waals surface area contributed by atoms with Crippen LogP contribution in [0.15, 0.2) is 0 Å². The van der Waals surface area contributed by atoms with Crippen LogP contribution in [-0.4, -0.2) is 31.5 Å². The van der Waals surface area contributed by atoms with Crippen LogP contribution in [0.3, 0.4) is 0 Å². The number of alkyl halides is 1. The number of nitrogens with one attached hydrogen (secondary N) is 1. The smallest absolute Gasteiger partial charge is 0.325 e. The number of hydrogen-bond donors (Lipinski definition) is 1. The van der Waals surface area contributed by atoms with Crippen LogP contribution in [0.25, 0.3) is 0 Å². The van der Waals surface area contributed by atoms with Crippen LogP contribution in [0.4, 0.5) is 0 Å². The van der Waals surface area contributed by atoms with Gasteiger partial charge in [0, 0.05) is 6.54 Å². The molecular weight excluding hydrogens is 202 g/mol. The lowest BCUT2D eigenvalue weighted by atomic mass is 9.92. The first-order valence-electron chi connectivity index (χ1n) is 4.79. The molecule has 0 fully saturated rings. The van der Waals surface area contributed by atoms with Crippen LogP contribution >= 0.6 is 11.6 Å². The van der Waals surface area contributed by atoms with Gasteiger partial charge < -0.3 is 10.1 Å². The van der Waals surface area contributed by atoms with Gasteiger partial charge in [0.1, 0.15) is 5.38 Å². The lowest BCUT2D eigenvalue weighted by Gasteiger charge is -2.18. The largest absolute Gasteiger partial charge is 0.468 e. The zero-order valence-corrected chi connectivity index (χ0v) is 10.1. The van der Waals surface area contributed by atoms with Gasteiger partial charge >= 0.3 is 5.97 Å². The average molecular weight is 222 g/mol. The van der Waals surface area contributed by atoms with Gasteiger partial charge in [0.25, 0.3) is 0 Å². The van der Waals surface area contributed by atoms with E-state index in [0.717, 1.165) is 13.0 Å². The van der Waals surface area contributed by atoms with Crippen molar-refractivity contribution in [1.82, 2.24) is 5.32 Å². The first-order valence-corrected chi connectivity index (χ1v) is 5.23. The van der Waals surface area contributed by atoms with Crippen molar-refractivity contribution in [3.05, 3.63) is 0 Å². The zero-order chi connectivity index (χ0) is 11.2. The van der Waals surface area contributed by atoms with E-state index < -0.39 is 5.38 Å². The third-order valence-corrected chi connectivity index (χ3v) is 2.16. The molecule has 0 aliphatic rings. The number of methoxy groups -OCH3 is 1. The first kappa shape index (κ1) is 13.7. The molecule has 1 unspecified atom stereocenters. The number of halogens is 1. The highest BCUT2D eigenvalue weighted by Crippen LogP contribution is 2.16. The lowest BCUT2D eigenvalue weighted by molar-refractivity contribution is -0.140. The molecule has 0 aliphatic heterocycles. The summed E-state index contributed by atoms with van der Waals surface area (Å²) < 4.78 is 4.50. The van der Waals surface area contributed by atoms with Crippen LogP contribution < -0.4 is 5.32 Å². The highest BCUT2D eigenvalue weighted by Gasteiger charge is 2.15. The van der Waals surface area contributed by atoms with Crippen LogP contribution in [-0.2, 0) is 9.53 Å². The predicted molar refractivity (Wildman–Crippen MR) is 58.6 cm³/mol. The number of hydrogen-bond acceptors (Lipinski definition) is 3. The molecule has 0 amide bonds. The Morgan fingerprint density at radius 2 is 2.07 bits per heavy atom. The Morgan fingerprint density at radius 3 is 2.50 bits per heavy atom. The van der Waals surface area contributed by atoms with Gasteiger partial charge in [-0.05, 0) is 18.4 Å². The minimum Gasteiger partial charge on any atom is -0.468 e. The van der Waals surface area contributed by atoms with E-state index in [1.54, 1.807) is 0 Å². The second kappa shape index (κ2) is 6.25. The van der Waals surface area contributed by atoms with Crippen LogP contribution in [0.2, 0.25) is 0 Å². The van der Waals surface area contributed by atoms with Gasteiger partial charge in [-0.15, -0.1) is 11.6 Å². The molecular formula is C10H20ClNO2. The Bertz CT molecular complexity index is 177. The molecule has 14 heavy (non-hydrogen) atoms. The van der Waals surface area contributed by atoms with E-state index in [9.17, 15) is 4.79 Å². The number of carbonyl (C=O) groups excluding carboxylic acids is 1. The van der Waals surface area contributed by atoms with Gasteiger partial charge in [0.15, 0.2) is 0 Å². The van der Waals surface area contributed by atoms with Crippen molar-refractivity contribution >= 4 is 17.6 Å². The second-order valence-electron chi connectivity index (χ2n) is 4.51. The summed E-state index contributed by atoms with van der Waals surface area (Å²) in [4.78, 5) is 10.9. The third kappa shape index (κ3) is 7.15. The van der Waals surface area contributed by atoms with Crippen LogP contribution in [0.5, 0.6) is 0 Å². The molecule has 1 N–H and O–H groups in total. The van der Waals surface area contributed by atoms with Crippen molar-refractivity contribution in [2.75, 3.05) is 20.2 Å². The molecule has 0 radical (unpaired) electrons. The molecule has 1 atom stereocenters. The molecule has 0 aliphatic carbocycles. The Balaban J connectivity index is 3.50. The fourth-order valence-corrected chi connectivity index (χ4v) is 1.10. The molecule has 0 heterocycles. The van der Waals surface area contributed by atoms with E-state index in [0.29, 0.717) is 12.0 Å². The quantitative estimate of drug-likeness (QED) is 0.437. The fraction of sp³-hybridized carbons (Fsp3) is 0.900. The summed E-state index contributed by atoms with van der Waals surface area (Å²) in [5.74, 6) is -0.380. The summed E-state index contributed by atoms with van der Waals surface area (Å²) in [6.45, 7) is 7.85.